The molecular formula is C11H16F3NO6S2. The number of hydrogen-bond acceptors (Lipinski definition) is 6. The van der Waals surface area contributed by atoms with E-state index in [2.05, 4.69) is 0 Å². The number of aliphatic hydroxyl groups is 1. The van der Waals surface area contributed by atoms with E-state index in [0.717, 1.165) is 0 Å². The van der Waals surface area contributed by atoms with Crippen LogP contribution < -0.4 is 4.13 Å². The Morgan fingerprint density at radius 3 is 2.00 bits per heavy atom. The van der Waals surface area contributed by atoms with Gasteiger partial charge in [0, 0.05) is 0 Å². The maximum Gasteiger partial charge on any atom is 0.512 e. The van der Waals surface area contributed by atoms with E-state index < -0.39 is 37.5 Å². The SMILES string of the molecule is O=S(=O)(NS(=O)(=O)C(F)(F)F)OC1C2CC3CC1CC(O)(C3)C2. The van der Waals surface area contributed by atoms with Gasteiger partial charge in [0.05, 0.1) is 11.7 Å². The quantitative estimate of drug-likeness (QED) is 0.741. The van der Waals surface area contributed by atoms with Crippen LogP contribution in [0.25, 0.3) is 0 Å². The van der Waals surface area contributed by atoms with Crippen molar-refractivity contribution < 1.29 is 39.3 Å². The molecule has 4 saturated carbocycles. The Labute approximate surface area is 131 Å². The molecule has 4 rings (SSSR count). The number of hydrogen-bond donors (Lipinski definition) is 2. The molecule has 0 aromatic rings. The summed E-state index contributed by atoms with van der Waals surface area (Å²) in [6.45, 7) is 0. The average molecular weight is 379 g/mol. The van der Waals surface area contributed by atoms with Crippen molar-refractivity contribution in [3.8, 4) is 0 Å². The van der Waals surface area contributed by atoms with Gasteiger partial charge in [-0.05, 0) is 49.9 Å². The fourth-order valence-corrected chi connectivity index (χ4v) is 6.66. The molecule has 0 amide bonds. The molecule has 4 fully saturated rings. The van der Waals surface area contributed by atoms with Crippen molar-refractivity contribution in [2.45, 2.75) is 49.3 Å². The van der Waals surface area contributed by atoms with Crippen LogP contribution >= 0.6 is 0 Å². The van der Waals surface area contributed by atoms with Crippen molar-refractivity contribution in [1.82, 2.24) is 4.13 Å². The molecule has 23 heavy (non-hydrogen) atoms. The second kappa shape index (κ2) is 5.04. The highest BCUT2D eigenvalue weighted by Crippen LogP contribution is 2.56. The molecule has 0 heterocycles. The Morgan fingerprint density at radius 2 is 1.57 bits per heavy atom. The highest BCUT2D eigenvalue weighted by molar-refractivity contribution is 8.03. The summed E-state index contributed by atoms with van der Waals surface area (Å²) >= 11 is 0. The van der Waals surface area contributed by atoms with Crippen molar-refractivity contribution in [2.75, 3.05) is 0 Å². The average Bonchev–Trinajstić information content (AvgIpc) is 2.28. The second-order valence-corrected chi connectivity index (χ2v) is 9.98. The van der Waals surface area contributed by atoms with Gasteiger partial charge in [0.2, 0.25) is 0 Å². The summed E-state index contributed by atoms with van der Waals surface area (Å²) in [4.78, 5) is 0. The molecule has 0 aromatic carbocycles. The van der Waals surface area contributed by atoms with Crippen molar-refractivity contribution in [1.29, 1.82) is 0 Å². The highest BCUT2D eigenvalue weighted by atomic mass is 32.3. The molecule has 4 aliphatic rings. The minimum Gasteiger partial charge on any atom is -0.390 e. The van der Waals surface area contributed by atoms with Crippen molar-refractivity contribution >= 4 is 20.3 Å². The lowest BCUT2D eigenvalue weighted by Gasteiger charge is -2.57. The number of nitrogens with one attached hydrogen (secondary N) is 1. The molecular weight excluding hydrogens is 363 g/mol. The van der Waals surface area contributed by atoms with Gasteiger partial charge in [-0.15, -0.1) is 0 Å². The second-order valence-electron chi connectivity index (χ2n) is 6.74. The smallest absolute Gasteiger partial charge is 0.390 e. The molecule has 0 saturated heterocycles. The molecule has 12 heteroatoms. The zero-order chi connectivity index (χ0) is 17.3. The molecule has 2 atom stereocenters. The van der Waals surface area contributed by atoms with Gasteiger partial charge in [0.25, 0.3) is 0 Å². The molecule has 0 spiro atoms. The predicted molar refractivity (Wildman–Crippen MR) is 70.4 cm³/mol. The van der Waals surface area contributed by atoms with Crippen LogP contribution in [-0.4, -0.2) is 39.2 Å². The van der Waals surface area contributed by atoms with E-state index in [1.54, 1.807) is 0 Å². The van der Waals surface area contributed by atoms with Crippen LogP contribution in [0.15, 0.2) is 0 Å². The van der Waals surface area contributed by atoms with E-state index in [1.807, 2.05) is 0 Å². The maximum absolute atomic E-state index is 12.3. The maximum atomic E-state index is 12.3. The van der Waals surface area contributed by atoms with E-state index in [9.17, 15) is 35.1 Å². The summed E-state index contributed by atoms with van der Waals surface area (Å²) in [7, 11) is -11.2. The molecule has 2 unspecified atom stereocenters. The van der Waals surface area contributed by atoms with Gasteiger partial charge in [-0.2, -0.15) is 21.6 Å². The van der Waals surface area contributed by atoms with Gasteiger partial charge in [0.15, 0.2) is 0 Å². The first-order chi connectivity index (χ1) is 10.3. The van der Waals surface area contributed by atoms with Gasteiger partial charge in [0.1, 0.15) is 0 Å². The summed E-state index contributed by atoms with van der Waals surface area (Å²) in [5.74, 6) is -0.375. The first kappa shape index (κ1) is 17.4. The summed E-state index contributed by atoms with van der Waals surface area (Å²) in [6, 6.07) is 0. The number of sulfonamides is 1. The Hall–Kier alpha value is -0.430. The van der Waals surface area contributed by atoms with E-state index in [-0.39, 0.29) is 17.8 Å². The van der Waals surface area contributed by atoms with Gasteiger partial charge in [-0.3, -0.25) is 4.18 Å². The minimum absolute atomic E-state index is 0.243. The van der Waals surface area contributed by atoms with E-state index in [0.29, 0.717) is 36.2 Å². The van der Waals surface area contributed by atoms with Crippen LogP contribution in [0, 0.1) is 17.8 Å². The first-order valence-electron chi connectivity index (χ1n) is 7.06. The zero-order valence-electron chi connectivity index (χ0n) is 11.8. The van der Waals surface area contributed by atoms with Crippen LogP contribution in [0.4, 0.5) is 13.2 Å². The molecule has 2 N–H and O–H groups in total. The van der Waals surface area contributed by atoms with Crippen LogP contribution in [-0.2, 0) is 24.5 Å². The van der Waals surface area contributed by atoms with Crippen LogP contribution in [0.1, 0.15) is 32.1 Å². The van der Waals surface area contributed by atoms with Crippen LogP contribution in [0.3, 0.4) is 0 Å². The Kier molecular flexibility index (Phi) is 3.81. The first-order valence-corrected chi connectivity index (χ1v) is 9.95. The van der Waals surface area contributed by atoms with Gasteiger partial charge in [-0.1, -0.05) is 4.13 Å². The molecule has 0 aromatic heterocycles. The van der Waals surface area contributed by atoms with E-state index >= 15 is 0 Å². The largest absolute Gasteiger partial charge is 0.512 e. The summed E-state index contributed by atoms with van der Waals surface area (Å²) in [6.07, 6.45) is 1.59. The molecule has 4 bridgehead atoms. The van der Waals surface area contributed by atoms with Crippen molar-refractivity contribution in [2.24, 2.45) is 17.8 Å². The Bertz CT molecular complexity index is 688. The number of halogens is 3. The fraction of sp³-hybridized carbons (Fsp3) is 1.00. The van der Waals surface area contributed by atoms with Gasteiger partial charge in [-0.25, -0.2) is 8.42 Å². The summed E-state index contributed by atoms with van der Waals surface area (Å²) in [5, 5.41) is 10.3. The van der Waals surface area contributed by atoms with Gasteiger partial charge >= 0.3 is 25.8 Å². The Balaban J connectivity index is 1.75. The number of alkyl halides is 3. The minimum atomic E-state index is -6.06. The lowest BCUT2D eigenvalue weighted by Crippen LogP contribution is -2.58. The van der Waals surface area contributed by atoms with E-state index in [1.165, 1.54) is 0 Å². The molecule has 0 radical (unpaired) electrons. The predicted octanol–water partition coefficient (Wildman–Crippen LogP) is 0.627. The van der Waals surface area contributed by atoms with Crippen LogP contribution in [0.2, 0.25) is 0 Å². The highest BCUT2D eigenvalue weighted by Gasteiger charge is 2.57. The molecule has 134 valence electrons. The third-order valence-corrected chi connectivity index (χ3v) is 7.69. The van der Waals surface area contributed by atoms with E-state index in [4.69, 9.17) is 4.18 Å². The summed E-state index contributed by atoms with van der Waals surface area (Å²) in [5.41, 5.74) is -6.62. The van der Waals surface area contributed by atoms with Crippen molar-refractivity contribution in [3.05, 3.63) is 0 Å². The zero-order valence-corrected chi connectivity index (χ0v) is 13.4. The number of rotatable bonds is 4. The van der Waals surface area contributed by atoms with Crippen LogP contribution in [0.5, 0.6) is 0 Å². The summed E-state index contributed by atoms with van der Waals surface area (Å²) < 4.78 is 87.4. The standard InChI is InChI=1S/C11H16F3NO6S2/c12-11(13,14)22(17,18)15-23(19,20)21-9-7-1-6-2-8(9)5-10(16,3-6)4-7/h6-9,15-16H,1-5H2. The van der Waals surface area contributed by atoms with Gasteiger partial charge < -0.3 is 5.11 Å². The van der Waals surface area contributed by atoms with Crippen molar-refractivity contribution in [3.63, 3.8) is 0 Å². The normalized spacial score (nSPS) is 40.5. The lowest BCUT2D eigenvalue weighted by molar-refractivity contribution is -0.167. The third kappa shape index (κ3) is 3.23. The topological polar surface area (TPSA) is 110 Å². The lowest BCUT2D eigenvalue weighted by atomic mass is 9.53. The molecule has 7 nitrogen and oxygen atoms in total. The fourth-order valence-electron chi connectivity index (χ4n) is 4.44. The molecule has 4 aliphatic carbocycles. The Morgan fingerprint density at radius 1 is 1.04 bits per heavy atom. The third-order valence-electron chi connectivity index (χ3n) is 4.91. The monoisotopic (exact) mass is 379 g/mol. The molecule has 0 aliphatic heterocycles.